The number of carbonyl (C=O) groups excluding carboxylic acids is 5. The summed E-state index contributed by atoms with van der Waals surface area (Å²) in [5.41, 5.74) is 16.3. The minimum atomic E-state index is -0.315. The first kappa shape index (κ1) is 137. The predicted octanol–water partition coefficient (Wildman–Crippen LogP) is 33.5. The summed E-state index contributed by atoms with van der Waals surface area (Å²) in [6.45, 7) is 104. The maximum Gasteiger partial charge on any atom is 0.338 e. The fourth-order valence-corrected chi connectivity index (χ4v) is 13.7. The van der Waals surface area contributed by atoms with Crippen LogP contribution in [-0.2, 0) is 71.5 Å². The highest BCUT2D eigenvalue weighted by Gasteiger charge is 2.53. The number of aromatic hydroxyl groups is 1. The minimum Gasteiger partial charge on any atom is -0.508 e. The molecule has 8 aromatic rings. The van der Waals surface area contributed by atoms with E-state index in [1.807, 2.05) is 235 Å². The molecule has 0 radical (unpaired) electrons. The van der Waals surface area contributed by atoms with Crippen molar-refractivity contribution in [2.24, 2.45) is 43.3 Å². The number of epoxide rings is 2. The van der Waals surface area contributed by atoms with Crippen molar-refractivity contribution in [1.29, 1.82) is 0 Å². The summed E-state index contributed by atoms with van der Waals surface area (Å²) in [7, 11) is 1.82. The topological polar surface area (TPSA) is 224 Å². The van der Waals surface area contributed by atoms with Crippen molar-refractivity contribution in [3.63, 3.8) is 0 Å². The van der Waals surface area contributed by atoms with Crippen molar-refractivity contribution in [3.8, 4) is 23.0 Å². The number of esters is 3. The summed E-state index contributed by atoms with van der Waals surface area (Å²) < 4.78 is 48.3. The average Bonchev–Trinajstić information content (AvgIpc) is 1.62. The van der Waals surface area contributed by atoms with Crippen LogP contribution in [0.1, 0.15) is 369 Å². The third-order valence-electron chi connectivity index (χ3n) is 21.2. The highest BCUT2D eigenvalue weighted by atomic mass is 32.1. The number of fused-ring (bicyclic) bond motifs is 2. The molecule has 0 aliphatic carbocycles. The largest absolute Gasteiger partial charge is 0.508 e. The number of hydrogen-bond donors (Lipinski definition) is 1. The van der Waals surface area contributed by atoms with Gasteiger partial charge in [-0.2, -0.15) is 0 Å². The summed E-state index contributed by atoms with van der Waals surface area (Å²) in [6.07, 6.45) is 13.1. The number of para-hydroxylation sites is 3. The summed E-state index contributed by atoms with van der Waals surface area (Å²) in [5, 5.41) is 10.7. The van der Waals surface area contributed by atoms with Crippen molar-refractivity contribution in [2.75, 3.05) is 33.5 Å². The highest BCUT2D eigenvalue weighted by molar-refractivity contribution is 7.09. The molecule has 6 aromatic carbocycles. The number of ketones is 1. The molecule has 1 amide bonds. The van der Waals surface area contributed by atoms with Crippen LogP contribution in [0.2, 0.25) is 0 Å². The Hall–Kier alpha value is -10.1. The van der Waals surface area contributed by atoms with Crippen LogP contribution in [0.25, 0.3) is 16.5 Å². The van der Waals surface area contributed by atoms with Gasteiger partial charge in [0.1, 0.15) is 41.0 Å². The lowest BCUT2D eigenvalue weighted by atomic mass is 9.84. The first-order valence-electron chi connectivity index (χ1n) is 52.5. The molecule has 18 nitrogen and oxygen atoms in total. The fraction of sp³-hybridized carbons (Fsp3) is 0.570. The number of aryl methyl sites for hydroxylation is 4. The molecule has 5 heterocycles. The Morgan fingerprint density at radius 3 is 1.48 bits per heavy atom. The molecule has 19 heteroatoms. The monoisotopic (exact) mass is 2050 g/mol. The summed E-state index contributed by atoms with van der Waals surface area (Å²) in [5.74, 6) is 3.70. The fourth-order valence-electron chi connectivity index (χ4n) is 13.2. The van der Waals surface area contributed by atoms with Gasteiger partial charge in [-0.15, -0.1) is 11.3 Å². The first-order valence-corrected chi connectivity index (χ1v) is 53.4. The number of aromatic nitrogens is 2. The van der Waals surface area contributed by atoms with E-state index >= 15 is 0 Å². The Bertz CT molecular complexity index is 5240. The van der Waals surface area contributed by atoms with E-state index < -0.39 is 0 Å². The maximum absolute atomic E-state index is 11.9. The zero-order chi connectivity index (χ0) is 114. The molecule has 1 N–H and O–H groups in total. The number of rotatable bonds is 18. The predicted molar refractivity (Wildman–Crippen MR) is 620 cm³/mol. The molecular formula is C128H199N3O15S. The van der Waals surface area contributed by atoms with E-state index in [1.54, 1.807) is 35.3 Å². The lowest BCUT2D eigenvalue weighted by molar-refractivity contribution is -0.144. The normalized spacial score (nSPS) is 14.8. The van der Waals surface area contributed by atoms with Crippen molar-refractivity contribution in [3.05, 3.63) is 255 Å². The van der Waals surface area contributed by atoms with E-state index in [9.17, 15) is 29.1 Å². The number of pyridine rings is 1. The number of thiazole rings is 1. The molecule has 2 fully saturated rings. The SMILES string of the molecule is C=C1C=C(C)c2ccc(CC(C)(C)C)cc2O1.CC.CC(C)(C)COc1ccccc1.CC(C)(C)OCc1cncs1.CC(C)(C)c1ccc2ccccc2n1.CC(C)N(C)C(=O)/C=C/C(C)(C)C.CC(C)OC(=O)/C=C/C(C)(C)C.CCCC(=O)C1OC1C(C)(C)C.CCOC(=O)C1OC1C(C)(C)C.Cc1c(O)cccc1C(C)(C)C.Cc1cccc(C)c1C(=O)OCC(C)(C)C.Cc1cccc(C)c1OCC(C)(C)C. The zero-order valence-corrected chi connectivity index (χ0v) is 101. The average molecular weight is 2050 g/mol. The number of nitrogens with zero attached hydrogens (tertiary/aromatic N) is 3. The van der Waals surface area contributed by atoms with Gasteiger partial charge < -0.3 is 52.6 Å². The van der Waals surface area contributed by atoms with Gasteiger partial charge in [-0.25, -0.2) is 14.4 Å². The number of ether oxygens (including phenoxy) is 9. The third-order valence-corrected chi connectivity index (χ3v) is 21.9. The van der Waals surface area contributed by atoms with Gasteiger partial charge in [0.2, 0.25) is 5.91 Å². The first-order chi connectivity index (χ1) is 67.2. The lowest BCUT2D eigenvalue weighted by Crippen LogP contribution is -2.31. The highest BCUT2D eigenvalue weighted by Crippen LogP contribution is 2.41. The van der Waals surface area contributed by atoms with Crippen LogP contribution < -0.4 is 14.2 Å². The molecule has 147 heavy (non-hydrogen) atoms. The summed E-state index contributed by atoms with van der Waals surface area (Å²) in [6, 6.07) is 46.9. The van der Waals surface area contributed by atoms with E-state index in [-0.39, 0.29) is 120 Å². The van der Waals surface area contributed by atoms with Crippen LogP contribution in [0.3, 0.4) is 0 Å². The van der Waals surface area contributed by atoms with Gasteiger partial charge in [0.05, 0.1) is 72.3 Å². The second kappa shape index (κ2) is 62.6. The molecular weight excluding hydrogens is 1850 g/mol. The molecule has 4 atom stereocenters. The number of phenolic OH excluding ortho intramolecular Hbond substituents is 1. The molecule has 3 aliphatic heterocycles. The Kier molecular flexibility index (Phi) is 58.3. The number of likely N-dealkylation sites (N-methyl/N-ethyl adjacent to an activating group) is 1. The second-order valence-corrected chi connectivity index (χ2v) is 51.4. The van der Waals surface area contributed by atoms with Gasteiger partial charge in [0.15, 0.2) is 11.9 Å². The van der Waals surface area contributed by atoms with Crippen LogP contribution in [0.4, 0.5) is 0 Å². The smallest absolute Gasteiger partial charge is 0.338 e. The van der Waals surface area contributed by atoms with Gasteiger partial charge in [0, 0.05) is 53.8 Å². The van der Waals surface area contributed by atoms with Gasteiger partial charge >= 0.3 is 17.9 Å². The van der Waals surface area contributed by atoms with Crippen molar-refractivity contribution in [1.82, 2.24) is 14.9 Å². The van der Waals surface area contributed by atoms with Crippen molar-refractivity contribution >= 4 is 57.4 Å². The van der Waals surface area contributed by atoms with Crippen LogP contribution in [0, 0.1) is 77.9 Å². The lowest BCUT2D eigenvalue weighted by Gasteiger charge is -2.21. The molecule has 2 aromatic heterocycles. The Morgan fingerprint density at radius 1 is 0.544 bits per heavy atom. The van der Waals surface area contributed by atoms with Gasteiger partial charge in [-0.05, 0) is 252 Å². The van der Waals surface area contributed by atoms with E-state index in [2.05, 4.69) is 270 Å². The number of allylic oxidation sites excluding steroid dienone is 4. The van der Waals surface area contributed by atoms with Gasteiger partial charge in [-0.1, -0.05) is 350 Å². The number of carbonyl (C=O) groups is 5. The molecule has 0 spiro atoms. The molecule has 2 saturated heterocycles. The maximum atomic E-state index is 11.9. The second-order valence-electron chi connectivity index (χ2n) is 50.4. The molecule has 3 aliphatic rings. The quantitative estimate of drug-likeness (QED) is 0.0365. The Balaban J connectivity index is 0.00000160. The van der Waals surface area contributed by atoms with E-state index in [0.717, 1.165) is 77.0 Å². The third kappa shape index (κ3) is 61.6. The van der Waals surface area contributed by atoms with Crippen LogP contribution >= 0.6 is 11.3 Å². The van der Waals surface area contributed by atoms with E-state index in [1.165, 1.54) is 49.7 Å². The minimum absolute atomic E-state index is 0.00620. The van der Waals surface area contributed by atoms with Crippen molar-refractivity contribution < 1.29 is 71.7 Å². The van der Waals surface area contributed by atoms with Gasteiger partial charge in [-0.3, -0.25) is 19.6 Å². The molecule has 0 saturated carbocycles. The van der Waals surface area contributed by atoms with Crippen LogP contribution in [-0.4, -0.2) is 125 Å². The Morgan fingerprint density at radius 2 is 1.04 bits per heavy atom. The van der Waals surface area contributed by atoms with Gasteiger partial charge in [0.25, 0.3) is 0 Å². The molecule has 822 valence electrons. The van der Waals surface area contributed by atoms with E-state index in [0.29, 0.717) is 43.0 Å². The molecule has 11 rings (SSSR count). The standard InChI is InChI=1S/C16H20O.C14H20O2.C13H15N.C13H20O.C11H21NO.2C11H16O.2C10H18O2.C9H16O3.C8H13NOS.C2H6/c1-11-8-12(2)17-15-9-13(6-7-14(11)15)10-16(3,4)5;1-10-7-6-8-11(2)12(10)13(15)16-9-14(3,4)5;1-13(2,3)12-9-8-10-6-4-5-7-11(10)14-12;1-10-7-6-8-11(2)12(10)14-9-13(3,4)5;1-9(2)12(6)10(13)7-8-11(3,4)5;1-8-9(11(2,3)4)6-5-7-10(8)12;1-11(2,3)9-12-10-7-5-4-6-8-10;1-5-6-7(11)8-9(12-8)10(2,3)4;1-8(2)12-9(11)6-7-10(3,4)5;1-5-11-8(10)6-7(12-6)9(2,3)4;1-8(2,3)10-5-7-4-9-6-11-7;1-2/h6-9H,2,10H2,1,3-5H3;6-8H,9H2,1-5H3;4-9H,1-3H3;6-8H,9H2,1-5H3;7-9H,1-6H3;5-7,12H,1-4H3;4-8H,9H2,1-3H3;8-9H,5-6H2,1-4H3;6-8H,1-5H3;6-7H,5H2,1-4H3;4,6H,5H2,1-3H3;1-2H3/b;;;;8-7+;;;;7-6+;;;. The molecule has 0 bridgehead atoms. The number of Topliss-reactive ketones (excluding diaryl/α,β-unsaturated/α-hetero) is 1. The number of hydrogen-bond acceptors (Lipinski definition) is 18. The summed E-state index contributed by atoms with van der Waals surface area (Å²) in [4.78, 5) is 68.3. The number of benzene rings is 6. The molecule has 4 unspecified atom stereocenters. The zero-order valence-electron chi connectivity index (χ0n) is 101. The number of amides is 1. The van der Waals surface area contributed by atoms with Crippen molar-refractivity contribution in [2.45, 2.75) is 404 Å². The summed E-state index contributed by atoms with van der Waals surface area (Å²) >= 11 is 1.63. The number of phenols is 1. The van der Waals surface area contributed by atoms with Crippen LogP contribution in [0.15, 0.2) is 194 Å². The van der Waals surface area contributed by atoms with Crippen LogP contribution in [0.5, 0.6) is 23.0 Å². The Labute approximate surface area is 897 Å². The van der Waals surface area contributed by atoms with E-state index in [4.69, 9.17) is 42.6 Å².